The highest BCUT2D eigenvalue weighted by atomic mass is 32.2. The zero-order chi connectivity index (χ0) is 16.4. The Morgan fingerprint density at radius 2 is 2.18 bits per heavy atom. The molecule has 1 unspecified atom stereocenters. The molecule has 2 atom stereocenters. The molecule has 1 fully saturated rings. The summed E-state index contributed by atoms with van der Waals surface area (Å²) in [5, 5.41) is 3.11. The molecule has 5 nitrogen and oxygen atoms in total. The monoisotopic (exact) mass is 338 g/mol. The zero-order valence-electron chi connectivity index (χ0n) is 11.9. The highest BCUT2D eigenvalue weighted by Gasteiger charge is 2.33. The molecule has 1 aromatic heterocycles. The molecule has 0 spiro atoms. The molecule has 0 aliphatic carbocycles. The van der Waals surface area contributed by atoms with Gasteiger partial charge in [0.1, 0.15) is 17.5 Å². The van der Waals surface area contributed by atoms with Gasteiger partial charge in [-0.1, -0.05) is 0 Å². The number of ether oxygens (including phenoxy) is 1. The molecule has 0 amide bonds. The van der Waals surface area contributed by atoms with E-state index in [-0.39, 0.29) is 17.4 Å². The predicted octanol–water partition coefficient (Wildman–Crippen LogP) is 1.50. The lowest BCUT2D eigenvalue weighted by molar-refractivity contribution is -0.141. The number of rotatable bonds is 5. The number of nitrogens with one attached hydrogen (secondary N) is 1. The van der Waals surface area contributed by atoms with Crippen LogP contribution in [0.2, 0.25) is 0 Å². The van der Waals surface area contributed by atoms with E-state index in [1.54, 1.807) is 0 Å². The van der Waals surface area contributed by atoms with E-state index in [9.17, 15) is 21.6 Å². The van der Waals surface area contributed by atoms with Crippen LogP contribution in [-0.4, -0.2) is 44.6 Å². The third-order valence-electron chi connectivity index (χ3n) is 3.41. The van der Waals surface area contributed by atoms with Crippen molar-refractivity contribution in [1.82, 2.24) is 10.3 Å². The van der Waals surface area contributed by atoms with E-state index in [0.29, 0.717) is 6.54 Å². The fourth-order valence-electron chi connectivity index (χ4n) is 2.35. The van der Waals surface area contributed by atoms with E-state index in [0.717, 1.165) is 37.6 Å². The van der Waals surface area contributed by atoms with Crippen LogP contribution in [0.1, 0.15) is 12.1 Å². The normalized spacial score (nSPS) is 20.8. The Bertz CT molecular complexity index is 596. The first-order chi connectivity index (χ1) is 10.1. The van der Waals surface area contributed by atoms with Gasteiger partial charge in [-0.3, -0.25) is 0 Å². The minimum atomic E-state index is -4.51. The SMILES string of the molecule is CS(=O)(=O)C[C@H](Oc1ccc(C(F)(F)F)nc1)C1CCNC1. The molecule has 1 aliphatic rings. The second kappa shape index (κ2) is 6.41. The fourth-order valence-corrected chi connectivity index (χ4v) is 3.29. The molecule has 0 radical (unpaired) electrons. The minimum absolute atomic E-state index is 0.00276. The summed E-state index contributed by atoms with van der Waals surface area (Å²) >= 11 is 0. The smallest absolute Gasteiger partial charge is 0.433 e. The maximum Gasteiger partial charge on any atom is 0.433 e. The lowest BCUT2D eigenvalue weighted by Crippen LogP contribution is -2.35. The Labute approximate surface area is 126 Å². The topological polar surface area (TPSA) is 68.3 Å². The number of hydrogen-bond donors (Lipinski definition) is 1. The molecule has 2 heterocycles. The molecule has 0 aromatic carbocycles. The standard InChI is InChI=1S/C13H17F3N2O3S/c1-22(19,20)8-11(9-4-5-17-6-9)21-10-2-3-12(18-7-10)13(14,15)16/h2-3,7,9,11,17H,4-6,8H2,1H3/t9?,11-/m0/s1. The average molecular weight is 338 g/mol. The zero-order valence-corrected chi connectivity index (χ0v) is 12.7. The van der Waals surface area contributed by atoms with Crippen molar-refractivity contribution in [3.63, 3.8) is 0 Å². The number of pyridine rings is 1. The van der Waals surface area contributed by atoms with Crippen molar-refractivity contribution in [2.24, 2.45) is 5.92 Å². The Morgan fingerprint density at radius 3 is 2.64 bits per heavy atom. The highest BCUT2D eigenvalue weighted by Crippen LogP contribution is 2.29. The van der Waals surface area contributed by atoms with Gasteiger partial charge in [0, 0.05) is 18.7 Å². The van der Waals surface area contributed by atoms with Crippen molar-refractivity contribution in [3.8, 4) is 5.75 Å². The number of hydrogen-bond acceptors (Lipinski definition) is 5. The summed E-state index contributed by atoms with van der Waals surface area (Å²) in [7, 11) is -3.27. The maximum absolute atomic E-state index is 12.5. The van der Waals surface area contributed by atoms with Crippen LogP contribution in [-0.2, 0) is 16.0 Å². The summed E-state index contributed by atoms with van der Waals surface area (Å²) in [4.78, 5) is 3.31. The molecule has 124 valence electrons. The largest absolute Gasteiger partial charge is 0.487 e. The molecule has 9 heteroatoms. The number of nitrogens with zero attached hydrogens (tertiary/aromatic N) is 1. The average Bonchev–Trinajstić information content (AvgIpc) is 2.89. The van der Waals surface area contributed by atoms with E-state index in [2.05, 4.69) is 10.3 Å². The van der Waals surface area contributed by atoms with Gasteiger partial charge in [-0.05, 0) is 25.1 Å². The predicted molar refractivity (Wildman–Crippen MR) is 74.3 cm³/mol. The van der Waals surface area contributed by atoms with Gasteiger partial charge in [-0.2, -0.15) is 13.2 Å². The summed E-state index contributed by atoms with van der Waals surface area (Å²) in [5.41, 5.74) is -1.01. The first-order valence-corrected chi connectivity index (χ1v) is 8.79. The Balaban J connectivity index is 2.12. The van der Waals surface area contributed by atoms with Crippen LogP contribution >= 0.6 is 0 Å². The van der Waals surface area contributed by atoms with E-state index in [1.807, 2.05) is 0 Å². The molecule has 1 aliphatic heterocycles. The van der Waals surface area contributed by atoms with E-state index in [1.165, 1.54) is 0 Å². The lowest BCUT2D eigenvalue weighted by Gasteiger charge is -2.23. The number of sulfone groups is 1. The Morgan fingerprint density at radius 1 is 1.45 bits per heavy atom. The summed E-state index contributed by atoms with van der Waals surface area (Å²) < 4.78 is 66.0. The minimum Gasteiger partial charge on any atom is -0.487 e. The van der Waals surface area contributed by atoms with Crippen molar-refractivity contribution >= 4 is 9.84 Å². The van der Waals surface area contributed by atoms with Crippen LogP contribution in [0.4, 0.5) is 13.2 Å². The van der Waals surface area contributed by atoms with Crippen molar-refractivity contribution in [2.75, 3.05) is 25.1 Å². The van der Waals surface area contributed by atoms with Crippen LogP contribution in [0.15, 0.2) is 18.3 Å². The van der Waals surface area contributed by atoms with Crippen LogP contribution in [0.5, 0.6) is 5.75 Å². The van der Waals surface area contributed by atoms with Gasteiger partial charge in [0.2, 0.25) is 0 Å². The second-order valence-corrected chi connectivity index (χ2v) is 7.56. The van der Waals surface area contributed by atoms with E-state index in [4.69, 9.17) is 4.74 Å². The van der Waals surface area contributed by atoms with E-state index < -0.39 is 27.8 Å². The highest BCUT2D eigenvalue weighted by molar-refractivity contribution is 7.90. The fraction of sp³-hybridized carbons (Fsp3) is 0.615. The van der Waals surface area contributed by atoms with Gasteiger partial charge in [-0.15, -0.1) is 0 Å². The van der Waals surface area contributed by atoms with Crippen molar-refractivity contribution in [1.29, 1.82) is 0 Å². The van der Waals surface area contributed by atoms with Crippen LogP contribution < -0.4 is 10.1 Å². The summed E-state index contributed by atoms with van der Waals surface area (Å²) in [6.07, 6.45) is -2.28. The summed E-state index contributed by atoms with van der Waals surface area (Å²) in [5.74, 6) is -0.0500. The van der Waals surface area contributed by atoms with Gasteiger partial charge in [0.25, 0.3) is 0 Å². The summed E-state index contributed by atoms with van der Waals surface area (Å²) in [6.45, 7) is 1.38. The van der Waals surface area contributed by atoms with Gasteiger partial charge in [0.05, 0.1) is 11.9 Å². The molecule has 2 rings (SSSR count). The first kappa shape index (κ1) is 17.0. The Hall–Kier alpha value is -1.35. The van der Waals surface area contributed by atoms with Gasteiger partial charge in [-0.25, -0.2) is 13.4 Å². The number of aromatic nitrogens is 1. The Kier molecular flexibility index (Phi) is 4.96. The van der Waals surface area contributed by atoms with Crippen molar-refractivity contribution in [3.05, 3.63) is 24.0 Å². The molecule has 0 bridgehead atoms. The second-order valence-electron chi connectivity index (χ2n) is 5.38. The summed E-state index contributed by atoms with van der Waals surface area (Å²) in [6, 6.07) is 1.98. The number of alkyl halides is 3. The van der Waals surface area contributed by atoms with Gasteiger partial charge >= 0.3 is 6.18 Å². The molecule has 1 aromatic rings. The quantitative estimate of drug-likeness (QED) is 0.881. The van der Waals surface area contributed by atoms with E-state index >= 15 is 0 Å². The third-order valence-corrected chi connectivity index (χ3v) is 4.34. The number of halogens is 3. The molecule has 1 N–H and O–H groups in total. The van der Waals surface area contributed by atoms with Crippen molar-refractivity contribution in [2.45, 2.75) is 18.7 Å². The van der Waals surface area contributed by atoms with Gasteiger partial charge in [0.15, 0.2) is 9.84 Å². The van der Waals surface area contributed by atoms with Crippen LogP contribution in [0, 0.1) is 5.92 Å². The molecule has 1 saturated heterocycles. The van der Waals surface area contributed by atoms with Gasteiger partial charge < -0.3 is 10.1 Å². The van der Waals surface area contributed by atoms with Crippen LogP contribution in [0.25, 0.3) is 0 Å². The first-order valence-electron chi connectivity index (χ1n) is 6.73. The third kappa shape index (κ3) is 4.84. The molecule has 0 saturated carbocycles. The lowest BCUT2D eigenvalue weighted by atomic mass is 10.0. The molecule has 22 heavy (non-hydrogen) atoms. The maximum atomic E-state index is 12.5. The van der Waals surface area contributed by atoms with Crippen LogP contribution in [0.3, 0.4) is 0 Å². The molecular weight excluding hydrogens is 321 g/mol. The molecular formula is C13H17F3N2O3S. The van der Waals surface area contributed by atoms with Crippen molar-refractivity contribution < 1.29 is 26.3 Å².